The third-order valence-corrected chi connectivity index (χ3v) is 3.17. The van der Waals surface area contributed by atoms with E-state index in [2.05, 4.69) is 5.32 Å². The Morgan fingerprint density at radius 1 is 1.08 bits per heavy atom. The number of imide groups is 2. The predicted octanol–water partition coefficient (Wildman–Crippen LogP) is 2.05. The molecule has 4 amide bonds. The second-order valence-corrected chi connectivity index (χ2v) is 6.44. The van der Waals surface area contributed by atoms with Crippen LogP contribution >= 0.6 is 0 Å². The van der Waals surface area contributed by atoms with Gasteiger partial charge in [0, 0.05) is 6.42 Å². The van der Waals surface area contributed by atoms with Gasteiger partial charge in [0.25, 0.3) is 11.8 Å². The van der Waals surface area contributed by atoms with Crippen LogP contribution in [0.1, 0.15) is 54.3 Å². The molecule has 2 rings (SSSR count). The van der Waals surface area contributed by atoms with Crippen LogP contribution in [-0.2, 0) is 14.4 Å². The maximum Gasteiger partial charge on any atom is 0.414 e. The third kappa shape index (κ3) is 4.87. The molecule has 134 valence electrons. The molecule has 1 aromatic rings. The number of hydroxylamine groups is 2. The van der Waals surface area contributed by atoms with Crippen molar-refractivity contribution >= 4 is 23.8 Å². The Bertz CT molecular complexity index is 672. The van der Waals surface area contributed by atoms with E-state index in [9.17, 15) is 19.2 Å². The van der Waals surface area contributed by atoms with Crippen molar-refractivity contribution in [3.63, 3.8) is 0 Å². The maximum atomic E-state index is 12.1. The summed E-state index contributed by atoms with van der Waals surface area (Å²) < 4.78 is 4.96. The summed E-state index contributed by atoms with van der Waals surface area (Å²) in [7, 11) is 0. The molecule has 1 aromatic carbocycles. The van der Waals surface area contributed by atoms with Crippen LogP contribution in [-0.4, -0.2) is 41.1 Å². The van der Waals surface area contributed by atoms with E-state index in [0.29, 0.717) is 5.06 Å². The zero-order valence-electron chi connectivity index (χ0n) is 14.3. The van der Waals surface area contributed by atoms with Gasteiger partial charge in [0.05, 0.1) is 17.7 Å². The van der Waals surface area contributed by atoms with Gasteiger partial charge in [0.15, 0.2) is 0 Å². The average Bonchev–Trinajstić information content (AvgIpc) is 2.74. The standard InChI is InChI=1S/C17H20N2O6/c1-17(2,3)25-16(23)18-13(20)9-6-10-24-19-14(21)11-7-4-5-8-12(11)15(19)22/h4-5,7-8H,6,9-10H2,1-3H3,(H,18,20,23). The van der Waals surface area contributed by atoms with E-state index in [4.69, 9.17) is 9.57 Å². The first kappa shape index (κ1) is 18.6. The molecule has 0 radical (unpaired) electrons. The molecule has 0 aliphatic carbocycles. The van der Waals surface area contributed by atoms with Gasteiger partial charge in [-0.15, -0.1) is 5.06 Å². The Morgan fingerprint density at radius 3 is 2.16 bits per heavy atom. The minimum Gasteiger partial charge on any atom is -0.444 e. The van der Waals surface area contributed by atoms with Gasteiger partial charge in [0.1, 0.15) is 5.60 Å². The highest BCUT2D eigenvalue weighted by Gasteiger charge is 2.36. The van der Waals surface area contributed by atoms with E-state index >= 15 is 0 Å². The monoisotopic (exact) mass is 348 g/mol. The molecular weight excluding hydrogens is 328 g/mol. The van der Waals surface area contributed by atoms with Gasteiger partial charge in [-0.05, 0) is 39.3 Å². The summed E-state index contributed by atoms with van der Waals surface area (Å²) in [4.78, 5) is 52.4. The lowest BCUT2D eigenvalue weighted by Gasteiger charge is -2.19. The lowest BCUT2D eigenvalue weighted by molar-refractivity contribution is -0.122. The smallest absolute Gasteiger partial charge is 0.414 e. The van der Waals surface area contributed by atoms with Gasteiger partial charge in [0.2, 0.25) is 5.91 Å². The first-order valence-electron chi connectivity index (χ1n) is 7.82. The number of hydrogen-bond donors (Lipinski definition) is 1. The average molecular weight is 348 g/mol. The normalized spacial score (nSPS) is 13.6. The van der Waals surface area contributed by atoms with Crippen molar-refractivity contribution < 1.29 is 28.8 Å². The number of benzene rings is 1. The van der Waals surface area contributed by atoms with Crippen molar-refractivity contribution in [2.75, 3.05) is 6.61 Å². The predicted molar refractivity (Wildman–Crippen MR) is 86.5 cm³/mol. The van der Waals surface area contributed by atoms with Crippen LogP contribution in [0.2, 0.25) is 0 Å². The minimum absolute atomic E-state index is 0.0115. The Balaban J connectivity index is 1.74. The Kier molecular flexibility index (Phi) is 5.53. The van der Waals surface area contributed by atoms with Gasteiger partial charge in [-0.3, -0.25) is 24.5 Å². The fourth-order valence-corrected chi connectivity index (χ4v) is 2.15. The Labute approximate surface area is 145 Å². The van der Waals surface area contributed by atoms with Crippen molar-refractivity contribution in [3.8, 4) is 0 Å². The zero-order chi connectivity index (χ0) is 18.6. The van der Waals surface area contributed by atoms with E-state index in [-0.39, 0.29) is 30.6 Å². The molecule has 0 unspecified atom stereocenters. The van der Waals surface area contributed by atoms with Crippen molar-refractivity contribution in [1.29, 1.82) is 0 Å². The van der Waals surface area contributed by atoms with E-state index in [1.807, 2.05) is 0 Å². The molecule has 0 fully saturated rings. The van der Waals surface area contributed by atoms with Crippen molar-refractivity contribution in [2.24, 2.45) is 0 Å². The SMILES string of the molecule is CC(C)(C)OC(=O)NC(=O)CCCON1C(=O)c2ccccc2C1=O. The van der Waals surface area contributed by atoms with Crippen LogP contribution in [0.3, 0.4) is 0 Å². The lowest BCUT2D eigenvalue weighted by Crippen LogP contribution is -2.36. The second kappa shape index (κ2) is 7.43. The largest absolute Gasteiger partial charge is 0.444 e. The van der Waals surface area contributed by atoms with E-state index in [1.165, 1.54) is 0 Å². The fraction of sp³-hybridized carbons (Fsp3) is 0.412. The molecule has 0 atom stereocenters. The molecule has 0 bridgehead atoms. The highest BCUT2D eigenvalue weighted by atomic mass is 16.7. The zero-order valence-corrected chi connectivity index (χ0v) is 14.3. The number of nitrogens with one attached hydrogen (secondary N) is 1. The van der Waals surface area contributed by atoms with Crippen LogP contribution in [0.25, 0.3) is 0 Å². The topological polar surface area (TPSA) is 102 Å². The number of fused-ring (bicyclic) bond motifs is 1. The molecule has 1 aliphatic rings. The summed E-state index contributed by atoms with van der Waals surface area (Å²) in [6.07, 6.45) is -0.608. The Hall–Kier alpha value is -2.74. The second-order valence-electron chi connectivity index (χ2n) is 6.44. The van der Waals surface area contributed by atoms with Crippen molar-refractivity contribution in [2.45, 2.75) is 39.2 Å². The minimum atomic E-state index is -0.821. The van der Waals surface area contributed by atoms with Gasteiger partial charge in [-0.1, -0.05) is 12.1 Å². The van der Waals surface area contributed by atoms with Crippen LogP contribution in [0.15, 0.2) is 24.3 Å². The lowest BCUT2D eigenvalue weighted by atomic mass is 10.1. The van der Waals surface area contributed by atoms with Crippen molar-refractivity contribution in [1.82, 2.24) is 10.4 Å². The molecule has 0 spiro atoms. The number of amides is 4. The van der Waals surface area contributed by atoms with Crippen molar-refractivity contribution in [3.05, 3.63) is 35.4 Å². The number of carbonyl (C=O) groups excluding carboxylic acids is 4. The molecule has 1 heterocycles. The van der Waals surface area contributed by atoms with Crippen LogP contribution in [0.5, 0.6) is 0 Å². The summed E-state index contributed by atoms with van der Waals surface area (Å²) in [5.41, 5.74) is -0.121. The summed E-state index contributed by atoms with van der Waals surface area (Å²) in [6, 6.07) is 6.42. The third-order valence-electron chi connectivity index (χ3n) is 3.17. The number of hydrogen-bond acceptors (Lipinski definition) is 6. The fourth-order valence-electron chi connectivity index (χ4n) is 2.15. The van der Waals surface area contributed by atoms with Gasteiger partial charge in [-0.25, -0.2) is 4.79 Å². The van der Waals surface area contributed by atoms with Crippen LogP contribution < -0.4 is 5.32 Å². The number of rotatable bonds is 5. The summed E-state index contributed by atoms with van der Waals surface area (Å²) in [5.74, 6) is -1.59. The van der Waals surface area contributed by atoms with E-state index in [1.54, 1.807) is 45.0 Å². The summed E-state index contributed by atoms with van der Waals surface area (Å²) in [5, 5.41) is 2.78. The highest BCUT2D eigenvalue weighted by molar-refractivity contribution is 6.20. The molecule has 1 aliphatic heterocycles. The summed E-state index contributed by atoms with van der Waals surface area (Å²) >= 11 is 0. The number of carbonyl (C=O) groups is 4. The molecular formula is C17H20N2O6. The van der Waals surface area contributed by atoms with Gasteiger partial charge in [-0.2, -0.15) is 0 Å². The molecule has 0 aromatic heterocycles. The van der Waals surface area contributed by atoms with E-state index in [0.717, 1.165) is 0 Å². The van der Waals surface area contributed by atoms with Crippen LogP contribution in [0.4, 0.5) is 4.79 Å². The van der Waals surface area contributed by atoms with Crippen LogP contribution in [0, 0.1) is 0 Å². The maximum absolute atomic E-state index is 12.1. The molecule has 0 saturated carbocycles. The molecule has 25 heavy (non-hydrogen) atoms. The highest BCUT2D eigenvalue weighted by Crippen LogP contribution is 2.22. The quantitative estimate of drug-likeness (QED) is 0.645. The Morgan fingerprint density at radius 2 is 1.64 bits per heavy atom. The number of nitrogens with zero attached hydrogens (tertiary/aromatic N) is 1. The van der Waals surface area contributed by atoms with E-state index < -0.39 is 29.4 Å². The molecule has 0 saturated heterocycles. The molecule has 8 heteroatoms. The molecule has 8 nitrogen and oxygen atoms in total. The summed E-state index contributed by atoms with van der Waals surface area (Å²) in [6.45, 7) is 5.04. The number of alkyl carbamates (subject to hydrolysis) is 1. The first-order valence-corrected chi connectivity index (χ1v) is 7.82. The first-order chi connectivity index (χ1) is 11.7. The molecule has 1 N–H and O–H groups in total. The van der Waals surface area contributed by atoms with Gasteiger partial charge < -0.3 is 4.74 Å². The van der Waals surface area contributed by atoms with Gasteiger partial charge >= 0.3 is 6.09 Å². The number of ether oxygens (including phenoxy) is 1.